The molecule has 0 saturated heterocycles. The van der Waals surface area contributed by atoms with Crippen molar-refractivity contribution < 1.29 is 14.3 Å². The van der Waals surface area contributed by atoms with Gasteiger partial charge in [-0.3, -0.25) is 4.79 Å². The topological polar surface area (TPSA) is 73.6 Å². The molecule has 1 aliphatic carbocycles. The van der Waals surface area contributed by atoms with Gasteiger partial charge in [-0.25, -0.2) is 0 Å². The summed E-state index contributed by atoms with van der Waals surface area (Å²) in [6.45, 7) is 2.05. The first kappa shape index (κ1) is 17.4. The van der Waals surface area contributed by atoms with Crippen LogP contribution in [0.1, 0.15) is 32.1 Å². The molecule has 1 amide bonds. The zero-order valence-electron chi connectivity index (χ0n) is 14.0. The zero-order chi connectivity index (χ0) is 16.8. The van der Waals surface area contributed by atoms with Gasteiger partial charge in [0.05, 0.1) is 13.2 Å². The maximum Gasteiger partial charge on any atom is 0.221 e. The minimum atomic E-state index is 0.127. The van der Waals surface area contributed by atoms with Gasteiger partial charge in [0.25, 0.3) is 0 Å². The number of fused-ring (bicyclic) bond motifs is 1. The van der Waals surface area contributed by atoms with Crippen LogP contribution in [-0.4, -0.2) is 37.5 Å². The van der Waals surface area contributed by atoms with Crippen molar-refractivity contribution in [3.63, 3.8) is 0 Å². The summed E-state index contributed by atoms with van der Waals surface area (Å²) in [7, 11) is 0. The standard InChI is InChI=1S/C18H26N2O3S/c19-12-13-3-1-4-15(13)20-18(21)7-10-24-14-5-6-16-17(11-14)23-9-2-8-22-16/h5-6,11,13,15H,1-4,7-10,12,19H2,(H,20,21). The SMILES string of the molecule is NCC1CCCC1NC(=O)CCSc1ccc2c(c1)OCCCO2. The number of carbonyl (C=O) groups is 1. The van der Waals surface area contributed by atoms with E-state index in [-0.39, 0.29) is 11.9 Å². The minimum Gasteiger partial charge on any atom is -0.490 e. The summed E-state index contributed by atoms with van der Waals surface area (Å²) < 4.78 is 11.3. The third-order valence-corrected chi connectivity index (χ3v) is 5.62. The van der Waals surface area contributed by atoms with E-state index in [1.54, 1.807) is 11.8 Å². The number of amides is 1. The summed E-state index contributed by atoms with van der Waals surface area (Å²) in [5.74, 6) is 2.94. The Balaban J connectivity index is 1.44. The van der Waals surface area contributed by atoms with Gasteiger partial charge in [-0.2, -0.15) is 0 Å². The predicted octanol–water partition coefficient (Wildman–Crippen LogP) is 2.57. The Labute approximate surface area is 147 Å². The molecule has 2 aliphatic rings. The Morgan fingerprint density at radius 3 is 2.88 bits per heavy atom. The van der Waals surface area contributed by atoms with Crippen LogP contribution in [0.4, 0.5) is 0 Å². The molecule has 0 aromatic heterocycles. The maximum atomic E-state index is 12.1. The molecule has 3 rings (SSSR count). The molecule has 0 bridgehead atoms. The molecule has 1 fully saturated rings. The normalized spacial score (nSPS) is 22.9. The Bertz CT molecular complexity index is 567. The average Bonchev–Trinajstić information content (AvgIpc) is 2.89. The molecule has 0 radical (unpaired) electrons. The molecule has 1 heterocycles. The third-order valence-electron chi connectivity index (χ3n) is 4.63. The highest BCUT2D eigenvalue weighted by molar-refractivity contribution is 7.99. The van der Waals surface area contributed by atoms with Gasteiger partial charge in [-0.05, 0) is 43.5 Å². The number of thioether (sulfide) groups is 1. The lowest BCUT2D eigenvalue weighted by Gasteiger charge is -2.19. The molecule has 1 aromatic carbocycles. The van der Waals surface area contributed by atoms with E-state index in [0.717, 1.165) is 41.4 Å². The number of hydrogen-bond acceptors (Lipinski definition) is 5. The number of ether oxygens (including phenoxy) is 2. The number of carbonyl (C=O) groups excluding carboxylic acids is 1. The van der Waals surface area contributed by atoms with E-state index in [4.69, 9.17) is 15.2 Å². The molecule has 1 aromatic rings. The Morgan fingerprint density at radius 2 is 2.04 bits per heavy atom. The maximum absolute atomic E-state index is 12.1. The molecule has 1 saturated carbocycles. The van der Waals surface area contributed by atoms with E-state index >= 15 is 0 Å². The quantitative estimate of drug-likeness (QED) is 0.772. The Hall–Kier alpha value is -1.40. The van der Waals surface area contributed by atoms with Crippen LogP contribution in [0.25, 0.3) is 0 Å². The fraction of sp³-hybridized carbons (Fsp3) is 0.611. The Kier molecular flexibility index (Phi) is 6.26. The molecule has 2 atom stereocenters. The predicted molar refractivity (Wildman–Crippen MR) is 95.7 cm³/mol. The fourth-order valence-corrected chi connectivity index (χ4v) is 4.16. The first-order valence-corrected chi connectivity index (χ1v) is 9.76. The second-order valence-corrected chi connectivity index (χ2v) is 7.53. The molecular formula is C18H26N2O3S. The lowest BCUT2D eigenvalue weighted by atomic mass is 10.0. The number of nitrogens with two attached hydrogens (primary N) is 1. The van der Waals surface area contributed by atoms with Crippen molar-refractivity contribution in [2.45, 2.75) is 43.0 Å². The molecule has 2 unspecified atom stereocenters. The second kappa shape index (κ2) is 8.62. The van der Waals surface area contributed by atoms with Crippen LogP contribution in [0.2, 0.25) is 0 Å². The van der Waals surface area contributed by atoms with Gasteiger partial charge in [-0.15, -0.1) is 11.8 Å². The van der Waals surface area contributed by atoms with Gasteiger partial charge in [-0.1, -0.05) is 6.42 Å². The van der Waals surface area contributed by atoms with Crippen molar-refractivity contribution >= 4 is 17.7 Å². The van der Waals surface area contributed by atoms with Crippen molar-refractivity contribution in [1.29, 1.82) is 0 Å². The molecule has 1 aliphatic heterocycles. The highest BCUT2D eigenvalue weighted by Crippen LogP contribution is 2.34. The van der Waals surface area contributed by atoms with Crippen LogP contribution in [-0.2, 0) is 4.79 Å². The molecule has 0 spiro atoms. The highest BCUT2D eigenvalue weighted by atomic mass is 32.2. The summed E-state index contributed by atoms with van der Waals surface area (Å²) in [5.41, 5.74) is 5.77. The van der Waals surface area contributed by atoms with Gasteiger partial charge in [0.2, 0.25) is 5.91 Å². The zero-order valence-corrected chi connectivity index (χ0v) is 14.8. The molecule has 6 heteroatoms. The van der Waals surface area contributed by atoms with Gasteiger partial charge >= 0.3 is 0 Å². The molecular weight excluding hydrogens is 324 g/mol. The molecule has 5 nitrogen and oxygen atoms in total. The van der Waals surface area contributed by atoms with Crippen molar-refractivity contribution in [3.8, 4) is 11.5 Å². The van der Waals surface area contributed by atoms with Gasteiger partial charge < -0.3 is 20.5 Å². The van der Waals surface area contributed by atoms with E-state index in [2.05, 4.69) is 5.32 Å². The van der Waals surface area contributed by atoms with Crippen LogP contribution in [0, 0.1) is 5.92 Å². The van der Waals surface area contributed by atoms with E-state index < -0.39 is 0 Å². The van der Waals surface area contributed by atoms with Crippen LogP contribution in [0.5, 0.6) is 11.5 Å². The molecule has 3 N–H and O–H groups in total. The fourth-order valence-electron chi connectivity index (χ4n) is 3.28. The van der Waals surface area contributed by atoms with E-state index in [1.807, 2.05) is 18.2 Å². The van der Waals surface area contributed by atoms with Gasteiger partial charge in [0.15, 0.2) is 11.5 Å². The number of benzene rings is 1. The Morgan fingerprint density at radius 1 is 1.21 bits per heavy atom. The van der Waals surface area contributed by atoms with E-state index in [1.165, 1.54) is 6.42 Å². The lowest BCUT2D eigenvalue weighted by molar-refractivity contribution is -0.121. The van der Waals surface area contributed by atoms with Crippen molar-refractivity contribution in [3.05, 3.63) is 18.2 Å². The smallest absolute Gasteiger partial charge is 0.221 e. The summed E-state index contributed by atoms with van der Waals surface area (Å²) in [4.78, 5) is 13.2. The van der Waals surface area contributed by atoms with Gasteiger partial charge in [0.1, 0.15) is 0 Å². The third kappa shape index (κ3) is 4.57. The van der Waals surface area contributed by atoms with Crippen LogP contribution in [0.3, 0.4) is 0 Å². The molecule has 132 valence electrons. The van der Waals surface area contributed by atoms with Crippen molar-refractivity contribution in [2.75, 3.05) is 25.5 Å². The van der Waals surface area contributed by atoms with Gasteiger partial charge in [0, 0.05) is 29.5 Å². The van der Waals surface area contributed by atoms with Crippen LogP contribution < -0.4 is 20.5 Å². The first-order chi connectivity index (χ1) is 11.8. The number of nitrogens with one attached hydrogen (secondary N) is 1. The minimum absolute atomic E-state index is 0.127. The van der Waals surface area contributed by atoms with E-state index in [0.29, 0.717) is 32.1 Å². The summed E-state index contributed by atoms with van der Waals surface area (Å²) >= 11 is 1.67. The average molecular weight is 350 g/mol. The molecule has 24 heavy (non-hydrogen) atoms. The summed E-state index contributed by atoms with van der Waals surface area (Å²) in [6, 6.07) is 6.25. The van der Waals surface area contributed by atoms with Crippen LogP contribution in [0.15, 0.2) is 23.1 Å². The lowest BCUT2D eigenvalue weighted by Crippen LogP contribution is -2.39. The monoisotopic (exact) mass is 350 g/mol. The largest absolute Gasteiger partial charge is 0.490 e. The summed E-state index contributed by atoms with van der Waals surface area (Å²) in [6.07, 6.45) is 4.78. The second-order valence-electron chi connectivity index (χ2n) is 6.36. The van der Waals surface area contributed by atoms with Crippen molar-refractivity contribution in [1.82, 2.24) is 5.32 Å². The first-order valence-electron chi connectivity index (χ1n) is 8.78. The number of hydrogen-bond donors (Lipinski definition) is 2. The number of rotatable bonds is 6. The van der Waals surface area contributed by atoms with E-state index in [9.17, 15) is 4.79 Å². The van der Waals surface area contributed by atoms with Crippen molar-refractivity contribution in [2.24, 2.45) is 11.7 Å². The summed E-state index contributed by atoms with van der Waals surface area (Å²) in [5, 5.41) is 3.15. The highest BCUT2D eigenvalue weighted by Gasteiger charge is 2.27. The van der Waals surface area contributed by atoms with Crippen LogP contribution >= 0.6 is 11.8 Å².